The maximum atomic E-state index is 6.00. The lowest BCUT2D eigenvalue weighted by atomic mass is 10.3. The predicted molar refractivity (Wildman–Crippen MR) is 81.9 cm³/mol. The van der Waals surface area contributed by atoms with E-state index >= 15 is 0 Å². The summed E-state index contributed by atoms with van der Waals surface area (Å²) in [5.41, 5.74) is 1.65. The van der Waals surface area contributed by atoms with E-state index in [2.05, 4.69) is 20.5 Å². The third kappa shape index (κ3) is 3.20. The molecule has 0 amide bonds. The standard InChI is InChI=1S/C12H10Cl2N6S/c1-19-7-15-17-12(19)21-6-8-5-20(18-16-8)9-2-3-10(13)11(14)4-9/h2-5,7H,6H2,1H3. The molecule has 3 rings (SSSR count). The molecule has 0 aliphatic heterocycles. The van der Waals surface area contributed by atoms with Gasteiger partial charge in [-0.2, -0.15) is 0 Å². The van der Waals surface area contributed by atoms with Crippen molar-refractivity contribution >= 4 is 35.0 Å². The van der Waals surface area contributed by atoms with Gasteiger partial charge in [-0.05, 0) is 18.2 Å². The Morgan fingerprint density at radius 3 is 2.76 bits per heavy atom. The minimum Gasteiger partial charge on any atom is -0.312 e. The van der Waals surface area contributed by atoms with Crippen molar-refractivity contribution in [2.45, 2.75) is 10.9 Å². The normalized spacial score (nSPS) is 11.0. The summed E-state index contributed by atoms with van der Waals surface area (Å²) >= 11 is 13.4. The Morgan fingerprint density at radius 2 is 2.05 bits per heavy atom. The molecule has 0 unspecified atom stereocenters. The summed E-state index contributed by atoms with van der Waals surface area (Å²) < 4.78 is 3.52. The van der Waals surface area contributed by atoms with Crippen LogP contribution in [-0.4, -0.2) is 29.8 Å². The van der Waals surface area contributed by atoms with Gasteiger partial charge in [0.05, 0.1) is 27.6 Å². The molecule has 2 aromatic heterocycles. The van der Waals surface area contributed by atoms with Gasteiger partial charge in [0.2, 0.25) is 0 Å². The molecule has 0 aliphatic rings. The lowest BCUT2D eigenvalue weighted by Crippen LogP contribution is -1.94. The number of thioether (sulfide) groups is 1. The molecule has 21 heavy (non-hydrogen) atoms. The molecule has 3 aromatic rings. The number of halogens is 2. The maximum absolute atomic E-state index is 6.00. The first-order chi connectivity index (χ1) is 10.1. The third-order valence-electron chi connectivity index (χ3n) is 2.73. The molecule has 108 valence electrons. The van der Waals surface area contributed by atoms with Crippen LogP contribution in [0.2, 0.25) is 10.0 Å². The summed E-state index contributed by atoms with van der Waals surface area (Å²) in [4.78, 5) is 0. The first-order valence-corrected chi connectivity index (χ1v) is 7.71. The van der Waals surface area contributed by atoms with Gasteiger partial charge in [-0.25, -0.2) is 4.68 Å². The van der Waals surface area contributed by atoms with Gasteiger partial charge in [-0.15, -0.1) is 15.3 Å². The van der Waals surface area contributed by atoms with Crippen LogP contribution in [0, 0.1) is 0 Å². The van der Waals surface area contributed by atoms with E-state index in [-0.39, 0.29) is 0 Å². The third-order valence-corrected chi connectivity index (χ3v) is 4.53. The van der Waals surface area contributed by atoms with Crippen LogP contribution in [0.1, 0.15) is 5.69 Å². The second kappa shape index (κ2) is 6.05. The van der Waals surface area contributed by atoms with Crippen LogP contribution >= 0.6 is 35.0 Å². The molecular weight excluding hydrogens is 331 g/mol. The number of aromatic nitrogens is 6. The summed E-state index contributed by atoms with van der Waals surface area (Å²) in [7, 11) is 1.90. The number of hydrogen-bond acceptors (Lipinski definition) is 5. The molecule has 0 saturated heterocycles. The minimum atomic E-state index is 0.486. The second-order valence-electron chi connectivity index (χ2n) is 4.27. The van der Waals surface area contributed by atoms with E-state index < -0.39 is 0 Å². The second-order valence-corrected chi connectivity index (χ2v) is 6.02. The predicted octanol–water partition coefficient (Wildman–Crippen LogP) is 2.99. The molecule has 0 bridgehead atoms. The van der Waals surface area contributed by atoms with Crippen LogP contribution in [0.25, 0.3) is 5.69 Å². The van der Waals surface area contributed by atoms with E-state index in [4.69, 9.17) is 23.2 Å². The molecule has 0 N–H and O–H groups in total. The van der Waals surface area contributed by atoms with Crippen molar-refractivity contribution < 1.29 is 0 Å². The number of benzene rings is 1. The Hall–Kier alpha value is -1.57. The van der Waals surface area contributed by atoms with Gasteiger partial charge in [-0.1, -0.05) is 40.2 Å². The monoisotopic (exact) mass is 340 g/mol. The van der Waals surface area contributed by atoms with Crippen LogP contribution in [-0.2, 0) is 12.8 Å². The average Bonchev–Trinajstić information content (AvgIpc) is 3.09. The number of nitrogens with zero attached hydrogens (tertiary/aromatic N) is 6. The molecule has 0 atom stereocenters. The smallest absolute Gasteiger partial charge is 0.191 e. The minimum absolute atomic E-state index is 0.486. The molecule has 6 nitrogen and oxygen atoms in total. The van der Waals surface area contributed by atoms with Crippen molar-refractivity contribution in [3.63, 3.8) is 0 Å². The Bertz CT molecular complexity index is 769. The number of aryl methyl sites for hydroxylation is 1. The molecular formula is C12H10Cl2N6S. The first-order valence-electron chi connectivity index (χ1n) is 5.97. The molecule has 2 heterocycles. The fourth-order valence-corrected chi connectivity index (χ4v) is 2.72. The largest absolute Gasteiger partial charge is 0.312 e. The average molecular weight is 341 g/mol. The van der Waals surface area contributed by atoms with Gasteiger partial charge in [0.15, 0.2) is 5.16 Å². The van der Waals surface area contributed by atoms with Crippen LogP contribution in [0.3, 0.4) is 0 Å². The van der Waals surface area contributed by atoms with E-state index in [1.807, 2.05) is 23.9 Å². The quantitative estimate of drug-likeness (QED) is 0.683. The fourth-order valence-electron chi connectivity index (χ4n) is 1.66. The van der Waals surface area contributed by atoms with E-state index in [1.54, 1.807) is 34.9 Å². The molecule has 0 aliphatic carbocycles. The Balaban J connectivity index is 1.74. The van der Waals surface area contributed by atoms with Crippen molar-refractivity contribution in [3.05, 3.63) is 46.5 Å². The first kappa shape index (κ1) is 14.4. The zero-order valence-corrected chi connectivity index (χ0v) is 13.3. The lowest BCUT2D eigenvalue weighted by molar-refractivity contribution is 0.787. The SMILES string of the molecule is Cn1cnnc1SCc1cn(-c2ccc(Cl)c(Cl)c2)nn1. The molecule has 0 fully saturated rings. The maximum Gasteiger partial charge on any atom is 0.191 e. The Kier molecular flexibility index (Phi) is 4.14. The molecule has 0 radical (unpaired) electrons. The summed E-state index contributed by atoms with van der Waals surface area (Å²) in [6, 6.07) is 5.32. The van der Waals surface area contributed by atoms with Gasteiger partial charge < -0.3 is 4.57 Å². The van der Waals surface area contributed by atoms with E-state index in [0.717, 1.165) is 16.5 Å². The van der Waals surface area contributed by atoms with Crippen molar-refractivity contribution in [2.24, 2.45) is 7.05 Å². The summed E-state index contributed by atoms with van der Waals surface area (Å²) in [5.74, 6) is 0.661. The highest BCUT2D eigenvalue weighted by Gasteiger charge is 2.08. The topological polar surface area (TPSA) is 61.4 Å². The van der Waals surface area contributed by atoms with Gasteiger partial charge >= 0.3 is 0 Å². The molecule has 1 aromatic carbocycles. The van der Waals surface area contributed by atoms with E-state index in [9.17, 15) is 0 Å². The fraction of sp³-hybridized carbons (Fsp3) is 0.167. The molecule has 0 saturated carbocycles. The molecule has 0 spiro atoms. The van der Waals surface area contributed by atoms with Crippen molar-refractivity contribution in [3.8, 4) is 5.69 Å². The zero-order chi connectivity index (χ0) is 14.8. The lowest BCUT2D eigenvalue weighted by Gasteiger charge is -2.01. The van der Waals surface area contributed by atoms with Crippen LogP contribution in [0.4, 0.5) is 0 Å². The van der Waals surface area contributed by atoms with Crippen molar-refractivity contribution in [1.29, 1.82) is 0 Å². The molecule has 9 heteroatoms. The van der Waals surface area contributed by atoms with Crippen molar-refractivity contribution in [1.82, 2.24) is 29.8 Å². The van der Waals surface area contributed by atoms with Crippen LogP contribution < -0.4 is 0 Å². The van der Waals surface area contributed by atoms with Crippen LogP contribution in [0.15, 0.2) is 35.9 Å². The Labute approximate surface area is 135 Å². The van der Waals surface area contributed by atoms with Crippen molar-refractivity contribution in [2.75, 3.05) is 0 Å². The highest BCUT2D eigenvalue weighted by Crippen LogP contribution is 2.24. The number of rotatable bonds is 4. The van der Waals surface area contributed by atoms with E-state index in [0.29, 0.717) is 15.8 Å². The summed E-state index contributed by atoms with van der Waals surface area (Å²) in [5, 5.41) is 17.9. The number of hydrogen-bond donors (Lipinski definition) is 0. The van der Waals surface area contributed by atoms with Gasteiger partial charge in [0.25, 0.3) is 0 Å². The Morgan fingerprint density at radius 1 is 1.19 bits per heavy atom. The highest BCUT2D eigenvalue weighted by molar-refractivity contribution is 7.98. The van der Waals surface area contributed by atoms with Gasteiger partial charge in [-0.3, -0.25) is 0 Å². The van der Waals surface area contributed by atoms with E-state index in [1.165, 1.54) is 0 Å². The summed E-state index contributed by atoms with van der Waals surface area (Å²) in [6.07, 6.45) is 3.51. The van der Waals surface area contributed by atoms with Crippen LogP contribution in [0.5, 0.6) is 0 Å². The highest BCUT2D eigenvalue weighted by atomic mass is 35.5. The van der Waals surface area contributed by atoms with Gasteiger partial charge in [0, 0.05) is 12.8 Å². The van der Waals surface area contributed by atoms with Gasteiger partial charge in [0.1, 0.15) is 6.33 Å². The zero-order valence-electron chi connectivity index (χ0n) is 10.9. The summed E-state index contributed by atoms with van der Waals surface area (Å²) in [6.45, 7) is 0.